The predicted molar refractivity (Wildman–Crippen MR) is 68.9 cm³/mol. The molecule has 17 heavy (non-hydrogen) atoms. The van der Waals surface area contributed by atoms with Crippen LogP contribution in [0.15, 0.2) is 18.2 Å². The summed E-state index contributed by atoms with van der Waals surface area (Å²) < 4.78 is 22.5. The number of sulfone groups is 1. The first kappa shape index (κ1) is 13.7. The molecule has 0 heterocycles. The maximum atomic E-state index is 11.7. The number of nitrogens with one attached hydrogen (secondary N) is 1. The van der Waals surface area contributed by atoms with E-state index in [1.165, 1.54) is 6.92 Å². The lowest BCUT2D eigenvalue weighted by Crippen LogP contribution is -2.32. The predicted octanol–water partition coefficient (Wildman–Crippen LogP) is 1.68. The summed E-state index contributed by atoms with van der Waals surface area (Å²) in [5.41, 5.74) is 2.58. The van der Waals surface area contributed by atoms with Gasteiger partial charge in [0.1, 0.15) is 5.25 Å². The van der Waals surface area contributed by atoms with Crippen molar-refractivity contribution in [1.82, 2.24) is 0 Å². The number of hydrogen-bond donors (Lipinski definition) is 1. The lowest BCUT2D eigenvalue weighted by Gasteiger charge is -2.12. The molecule has 0 radical (unpaired) electrons. The van der Waals surface area contributed by atoms with Crippen molar-refractivity contribution >= 4 is 21.4 Å². The number of hydrogen-bond acceptors (Lipinski definition) is 3. The van der Waals surface area contributed by atoms with Gasteiger partial charge < -0.3 is 5.32 Å². The molecule has 1 atom stereocenters. The molecule has 1 amide bonds. The van der Waals surface area contributed by atoms with Crippen LogP contribution in [0.2, 0.25) is 0 Å². The first-order valence-electron chi connectivity index (χ1n) is 5.29. The second kappa shape index (κ2) is 4.87. The molecule has 0 aliphatic rings. The monoisotopic (exact) mass is 255 g/mol. The average Bonchev–Trinajstić information content (AvgIpc) is 2.21. The molecule has 0 aromatic heterocycles. The Kier molecular flexibility index (Phi) is 3.93. The van der Waals surface area contributed by atoms with Crippen molar-refractivity contribution in [3.63, 3.8) is 0 Å². The summed E-state index contributed by atoms with van der Waals surface area (Å²) in [7, 11) is -3.36. The fourth-order valence-electron chi connectivity index (χ4n) is 1.30. The van der Waals surface area contributed by atoms with Crippen LogP contribution in [-0.2, 0) is 14.6 Å². The van der Waals surface area contributed by atoms with E-state index in [-0.39, 0.29) is 0 Å². The second-order valence-electron chi connectivity index (χ2n) is 4.28. The van der Waals surface area contributed by atoms with E-state index in [4.69, 9.17) is 0 Å². The Morgan fingerprint density at radius 2 is 1.88 bits per heavy atom. The Morgan fingerprint density at radius 3 is 2.41 bits per heavy atom. The van der Waals surface area contributed by atoms with E-state index in [2.05, 4.69) is 5.32 Å². The third kappa shape index (κ3) is 3.56. The van der Waals surface area contributed by atoms with Crippen molar-refractivity contribution in [3.05, 3.63) is 29.3 Å². The van der Waals surface area contributed by atoms with Crippen molar-refractivity contribution in [1.29, 1.82) is 0 Å². The van der Waals surface area contributed by atoms with Gasteiger partial charge in [0.15, 0.2) is 9.84 Å². The highest BCUT2D eigenvalue weighted by atomic mass is 32.2. The number of benzene rings is 1. The molecule has 0 bridgehead atoms. The first-order chi connectivity index (χ1) is 7.71. The number of carbonyl (C=O) groups excluding carboxylic acids is 1. The number of rotatable bonds is 3. The molecular formula is C12H17NO3S. The zero-order valence-corrected chi connectivity index (χ0v) is 11.3. The first-order valence-corrected chi connectivity index (χ1v) is 7.24. The zero-order valence-electron chi connectivity index (χ0n) is 10.4. The zero-order chi connectivity index (χ0) is 13.2. The molecule has 94 valence electrons. The van der Waals surface area contributed by atoms with Crippen LogP contribution in [0.25, 0.3) is 0 Å². The minimum absolute atomic E-state index is 0.499. The van der Waals surface area contributed by atoms with Crippen molar-refractivity contribution in [2.24, 2.45) is 0 Å². The fraction of sp³-hybridized carbons (Fsp3) is 0.417. The number of amides is 1. The number of aryl methyl sites for hydroxylation is 2. The highest BCUT2D eigenvalue weighted by Gasteiger charge is 2.23. The Balaban J connectivity index is 2.92. The van der Waals surface area contributed by atoms with Crippen LogP contribution in [0.4, 0.5) is 5.69 Å². The van der Waals surface area contributed by atoms with Crippen LogP contribution in [0.3, 0.4) is 0 Å². The molecule has 0 unspecified atom stereocenters. The molecule has 0 aliphatic carbocycles. The van der Waals surface area contributed by atoms with Crippen LogP contribution < -0.4 is 5.32 Å². The summed E-state index contributed by atoms with van der Waals surface area (Å²) in [6, 6.07) is 5.64. The largest absolute Gasteiger partial charge is 0.325 e. The molecule has 4 nitrogen and oxygen atoms in total. The van der Waals surface area contributed by atoms with Gasteiger partial charge in [0.25, 0.3) is 0 Å². The SMILES string of the molecule is Cc1ccc(C)c(NC(=O)[C@H](C)S(C)(=O)=O)c1. The standard InChI is InChI=1S/C12H17NO3S/c1-8-5-6-9(2)11(7-8)13-12(14)10(3)17(4,15)16/h5-7,10H,1-4H3,(H,13,14)/t10-/m0/s1. The summed E-state index contributed by atoms with van der Waals surface area (Å²) in [6.07, 6.45) is 1.06. The molecule has 1 N–H and O–H groups in total. The van der Waals surface area contributed by atoms with E-state index in [1.54, 1.807) is 0 Å². The number of anilines is 1. The molecule has 0 saturated heterocycles. The molecule has 1 aromatic carbocycles. The smallest absolute Gasteiger partial charge is 0.242 e. The molecule has 0 saturated carbocycles. The van der Waals surface area contributed by atoms with Gasteiger partial charge in [-0.05, 0) is 38.0 Å². The van der Waals surface area contributed by atoms with E-state index < -0.39 is 21.0 Å². The summed E-state index contributed by atoms with van der Waals surface area (Å²) in [4.78, 5) is 11.7. The molecule has 0 fully saturated rings. The van der Waals surface area contributed by atoms with Crippen LogP contribution in [0.1, 0.15) is 18.1 Å². The second-order valence-corrected chi connectivity index (χ2v) is 6.65. The maximum absolute atomic E-state index is 11.7. The highest BCUT2D eigenvalue weighted by Crippen LogP contribution is 2.17. The van der Waals surface area contributed by atoms with Crippen LogP contribution in [0.5, 0.6) is 0 Å². The van der Waals surface area contributed by atoms with E-state index in [0.29, 0.717) is 5.69 Å². The molecule has 0 aliphatic heterocycles. The van der Waals surface area contributed by atoms with Gasteiger partial charge in [-0.3, -0.25) is 4.79 Å². The Morgan fingerprint density at radius 1 is 1.29 bits per heavy atom. The lowest BCUT2D eigenvalue weighted by molar-refractivity contribution is -0.115. The van der Waals surface area contributed by atoms with Crippen molar-refractivity contribution in [2.45, 2.75) is 26.0 Å². The molecule has 1 aromatic rings. The summed E-state index contributed by atoms with van der Waals surface area (Å²) in [5, 5.41) is 1.60. The Labute approximate surface area is 102 Å². The van der Waals surface area contributed by atoms with Gasteiger partial charge in [0, 0.05) is 11.9 Å². The molecular weight excluding hydrogens is 238 g/mol. The van der Waals surface area contributed by atoms with Crippen molar-refractivity contribution in [3.8, 4) is 0 Å². The molecule has 0 spiro atoms. The van der Waals surface area contributed by atoms with E-state index >= 15 is 0 Å². The summed E-state index contributed by atoms with van der Waals surface area (Å²) in [5.74, 6) is -0.499. The maximum Gasteiger partial charge on any atom is 0.242 e. The summed E-state index contributed by atoms with van der Waals surface area (Å²) >= 11 is 0. The molecule has 5 heteroatoms. The van der Waals surface area contributed by atoms with Gasteiger partial charge in [-0.2, -0.15) is 0 Å². The quantitative estimate of drug-likeness (QED) is 0.893. The van der Waals surface area contributed by atoms with Gasteiger partial charge in [-0.25, -0.2) is 8.42 Å². The number of carbonyl (C=O) groups is 1. The van der Waals surface area contributed by atoms with Crippen LogP contribution in [-0.4, -0.2) is 25.8 Å². The third-order valence-corrected chi connectivity index (χ3v) is 4.16. The lowest BCUT2D eigenvalue weighted by atomic mass is 10.1. The summed E-state index contributed by atoms with van der Waals surface area (Å²) in [6.45, 7) is 5.16. The Bertz CT molecular complexity index is 535. The van der Waals surface area contributed by atoms with Gasteiger partial charge in [-0.1, -0.05) is 12.1 Å². The minimum Gasteiger partial charge on any atom is -0.325 e. The van der Waals surface area contributed by atoms with E-state index in [1.807, 2.05) is 32.0 Å². The van der Waals surface area contributed by atoms with Crippen molar-refractivity contribution in [2.75, 3.05) is 11.6 Å². The normalized spacial score (nSPS) is 13.2. The third-order valence-electron chi connectivity index (χ3n) is 2.66. The van der Waals surface area contributed by atoms with Gasteiger partial charge in [-0.15, -0.1) is 0 Å². The van der Waals surface area contributed by atoms with E-state index in [9.17, 15) is 13.2 Å². The fourth-order valence-corrected chi connectivity index (χ4v) is 1.75. The average molecular weight is 255 g/mol. The van der Waals surface area contributed by atoms with Gasteiger partial charge in [0.05, 0.1) is 0 Å². The van der Waals surface area contributed by atoms with Crippen LogP contribution in [0, 0.1) is 13.8 Å². The van der Waals surface area contributed by atoms with Crippen LogP contribution >= 0.6 is 0 Å². The van der Waals surface area contributed by atoms with Crippen molar-refractivity contribution < 1.29 is 13.2 Å². The van der Waals surface area contributed by atoms with E-state index in [0.717, 1.165) is 17.4 Å². The topological polar surface area (TPSA) is 63.2 Å². The van der Waals surface area contributed by atoms with Gasteiger partial charge in [0.2, 0.25) is 5.91 Å². The molecule has 1 rings (SSSR count). The van der Waals surface area contributed by atoms with Gasteiger partial charge >= 0.3 is 0 Å². The Hall–Kier alpha value is -1.36. The highest BCUT2D eigenvalue weighted by molar-refractivity contribution is 7.92. The minimum atomic E-state index is -3.36.